The fourth-order valence-corrected chi connectivity index (χ4v) is 1.88. The monoisotopic (exact) mass is 208 g/mol. The van der Waals surface area contributed by atoms with Crippen molar-refractivity contribution in [3.8, 4) is 0 Å². The van der Waals surface area contributed by atoms with E-state index in [1.807, 2.05) is 7.05 Å². The number of hydrogen-bond acceptors (Lipinski definition) is 3. The van der Waals surface area contributed by atoms with Gasteiger partial charge in [-0.05, 0) is 12.8 Å². The van der Waals surface area contributed by atoms with Crippen LogP contribution in [0.1, 0.15) is 23.3 Å². The molecule has 1 fully saturated rings. The normalized spacial score (nSPS) is 21.7. The number of aryl methyl sites for hydroxylation is 1. The summed E-state index contributed by atoms with van der Waals surface area (Å²) in [4.78, 5) is 17.8. The van der Waals surface area contributed by atoms with Crippen LogP contribution in [0.5, 0.6) is 0 Å². The van der Waals surface area contributed by atoms with Gasteiger partial charge in [0.15, 0.2) is 0 Å². The van der Waals surface area contributed by atoms with Crippen molar-refractivity contribution < 1.29 is 4.79 Å². The SMILES string of the molecule is Cn1cnc(C(=O)N2CCC[C@@H](N)C2)c1. The van der Waals surface area contributed by atoms with E-state index < -0.39 is 0 Å². The molecule has 0 bridgehead atoms. The number of imidazole rings is 1. The van der Waals surface area contributed by atoms with Gasteiger partial charge in [0.2, 0.25) is 0 Å². The first kappa shape index (κ1) is 10.2. The van der Waals surface area contributed by atoms with Gasteiger partial charge in [0.25, 0.3) is 5.91 Å². The van der Waals surface area contributed by atoms with Crippen LogP contribution < -0.4 is 5.73 Å². The van der Waals surface area contributed by atoms with Gasteiger partial charge in [-0.1, -0.05) is 0 Å². The summed E-state index contributed by atoms with van der Waals surface area (Å²) in [7, 11) is 1.85. The summed E-state index contributed by atoms with van der Waals surface area (Å²) >= 11 is 0. The van der Waals surface area contributed by atoms with Crippen molar-refractivity contribution in [2.75, 3.05) is 13.1 Å². The van der Waals surface area contributed by atoms with Gasteiger partial charge in [0.1, 0.15) is 5.69 Å². The number of likely N-dealkylation sites (tertiary alicyclic amines) is 1. The molecule has 5 heteroatoms. The van der Waals surface area contributed by atoms with Crippen LogP contribution in [0, 0.1) is 0 Å². The first-order valence-corrected chi connectivity index (χ1v) is 5.19. The zero-order valence-electron chi connectivity index (χ0n) is 8.89. The number of nitrogens with zero attached hydrogens (tertiary/aromatic N) is 3. The van der Waals surface area contributed by atoms with E-state index in [-0.39, 0.29) is 11.9 Å². The second-order valence-corrected chi connectivity index (χ2v) is 4.08. The lowest BCUT2D eigenvalue weighted by atomic mass is 10.1. The molecule has 2 rings (SSSR count). The molecule has 2 heterocycles. The molecule has 1 saturated heterocycles. The molecule has 0 radical (unpaired) electrons. The third-order valence-corrected chi connectivity index (χ3v) is 2.67. The lowest BCUT2D eigenvalue weighted by Crippen LogP contribution is -2.45. The largest absolute Gasteiger partial charge is 0.340 e. The summed E-state index contributed by atoms with van der Waals surface area (Å²) in [6.07, 6.45) is 5.37. The van der Waals surface area contributed by atoms with Crippen LogP contribution in [0.2, 0.25) is 0 Å². The van der Waals surface area contributed by atoms with Crippen molar-refractivity contribution in [1.29, 1.82) is 0 Å². The quantitative estimate of drug-likeness (QED) is 0.705. The number of aromatic nitrogens is 2. The van der Waals surface area contributed by atoms with Crippen LogP contribution in [0.4, 0.5) is 0 Å². The number of nitrogens with two attached hydrogens (primary N) is 1. The Balaban J connectivity index is 2.07. The highest BCUT2D eigenvalue weighted by Crippen LogP contribution is 2.11. The van der Waals surface area contributed by atoms with Crippen molar-refractivity contribution in [3.63, 3.8) is 0 Å². The molecule has 2 N–H and O–H groups in total. The average Bonchev–Trinajstić information content (AvgIpc) is 2.64. The van der Waals surface area contributed by atoms with Crippen LogP contribution in [0.3, 0.4) is 0 Å². The molecule has 1 aliphatic heterocycles. The number of carbonyl (C=O) groups is 1. The molecular weight excluding hydrogens is 192 g/mol. The Bertz CT molecular complexity index is 360. The molecule has 1 amide bonds. The van der Waals surface area contributed by atoms with Crippen molar-refractivity contribution in [2.45, 2.75) is 18.9 Å². The van der Waals surface area contributed by atoms with Gasteiger partial charge >= 0.3 is 0 Å². The molecule has 15 heavy (non-hydrogen) atoms. The van der Waals surface area contributed by atoms with E-state index >= 15 is 0 Å². The maximum atomic E-state index is 12.0. The van der Waals surface area contributed by atoms with Crippen LogP contribution >= 0.6 is 0 Å². The van der Waals surface area contributed by atoms with E-state index in [4.69, 9.17) is 5.73 Å². The van der Waals surface area contributed by atoms with E-state index in [1.165, 1.54) is 0 Å². The maximum absolute atomic E-state index is 12.0. The van der Waals surface area contributed by atoms with Crippen LogP contribution in [-0.4, -0.2) is 39.5 Å². The van der Waals surface area contributed by atoms with Gasteiger partial charge in [0, 0.05) is 32.4 Å². The maximum Gasteiger partial charge on any atom is 0.274 e. The highest BCUT2D eigenvalue weighted by atomic mass is 16.2. The number of piperidine rings is 1. The summed E-state index contributed by atoms with van der Waals surface area (Å²) < 4.78 is 1.77. The Hall–Kier alpha value is -1.36. The number of rotatable bonds is 1. The molecule has 1 atom stereocenters. The van der Waals surface area contributed by atoms with Crippen LogP contribution in [-0.2, 0) is 7.05 Å². The zero-order chi connectivity index (χ0) is 10.8. The summed E-state index contributed by atoms with van der Waals surface area (Å²) in [5.74, 6) is -0.00856. The average molecular weight is 208 g/mol. The lowest BCUT2D eigenvalue weighted by Gasteiger charge is -2.30. The first-order chi connectivity index (χ1) is 7.16. The van der Waals surface area contributed by atoms with Crippen molar-refractivity contribution in [2.24, 2.45) is 12.8 Å². The number of carbonyl (C=O) groups excluding carboxylic acids is 1. The van der Waals surface area contributed by atoms with Crippen molar-refractivity contribution in [1.82, 2.24) is 14.5 Å². The minimum atomic E-state index is -0.00856. The minimum absolute atomic E-state index is 0.00856. The molecule has 0 saturated carbocycles. The molecule has 1 aromatic rings. The van der Waals surface area contributed by atoms with Gasteiger partial charge in [-0.3, -0.25) is 4.79 Å². The van der Waals surface area contributed by atoms with Gasteiger partial charge in [-0.15, -0.1) is 0 Å². The van der Waals surface area contributed by atoms with Crippen molar-refractivity contribution >= 4 is 5.91 Å². The molecule has 0 aliphatic carbocycles. The van der Waals surface area contributed by atoms with Crippen LogP contribution in [0.15, 0.2) is 12.5 Å². The third kappa shape index (κ3) is 2.18. The predicted molar refractivity (Wildman–Crippen MR) is 56.3 cm³/mol. The summed E-state index contributed by atoms with van der Waals surface area (Å²) in [5, 5.41) is 0. The zero-order valence-corrected chi connectivity index (χ0v) is 8.89. The summed E-state index contributed by atoms with van der Waals surface area (Å²) in [5.41, 5.74) is 6.33. The number of hydrogen-bond donors (Lipinski definition) is 1. The molecule has 1 aliphatic rings. The highest BCUT2D eigenvalue weighted by Gasteiger charge is 2.23. The molecule has 82 valence electrons. The number of amides is 1. The predicted octanol–water partition coefficient (Wildman–Crippen LogP) is -0.0166. The fraction of sp³-hybridized carbons (Fsp3) is 0.600. The van der Waals surface area contributed by atoms with E-state index in [1.54, 1.807) is 22.0 Å². The molecule has 0 aromatic carbocycles. The Kier molecular flexibility index (Phi) is 2.73. The Labute approximate surface area is 88.9 Å². The van der Waals surface area contributed by atoms with E-state index in [9.17, 15) is 4.79 Å². The second kappa shape index (κ2) is 4.02. The van der Waals surface area contributed by atoms with Gasteiger partial charge in [-0.2, -0.15) is 0 Å². The smallest absolute Gasteiger partial charge is 0.274 e. The van der Waals surface area contributed by atoms with Crippen LogP contribution in [0.25, 0.3) is 0 Å². The minimum Gasteiger partial charge on any atom is -0.340 e. The topological polar surface area (TPSA) is 64.2 Å². The Morgan fingerprint density at radius 2 is 2.47 bits per heavy atom. The van der Waals surface area contributed by atoms with E-state index in [2.05, 4.69) is 4.98 Å². The second-order valence-electron chi connectivity index (χ2n) is 4.08. The molecular formula is C10H16N4O. The fourth-order valence-electron chi connectivity index (χ4n) is 1.88. The van der Waals surface area contributed by atoms with Gasteiger partial charge in [-0.25, -0.2) is 4.98 Å². The van der Waals surface area contributed by atoms with Gasteiger partial charge < -0.3 is 15.2 Å². The highest BCUT2D eigenvalue weighted by molar-refractivity contribution is 5.92. The standard InChI is InChI=1S/C10H16N4O/c1-13-6-9(12-7-13)10(15)14-4-2-3-8(11)5-14/h6-8H,2-5,11H2,1H3/t8-/m1/s1. The summed E-state index contributed by atoms with van der Waals surface area (Å²) in [6, 6.07) is 0.117. The first-order valence-electron chi connectivity index (χ1n) is 5.19. The molecule has 0 unspecified atom stereocenters. The lowest BCUT2D eigenvalue weighted by molar-refractivity contribution is 0.0703. The van der Waals surface area contributed by atoms with Crippen molar-refractivity contribution in [3.05, 3.63) is 18.2 Å². The Morgan fingerprint density at radius 3 is 3.07 bits per heavy atom. The van der Waals surface area contributed by atoms with Gasteiger partial charge in [0.05, 0.1) is 6.33 Å². The molecule has 5 nitrogen and oxygen atoms in total. The third-order valence-electron chi connectivity index (χ3n) is 2.67. The van der Waals surface area contributed by atoms with E-state index in [0.29, 0.717) is 12.2 Å². The molecule has 1 aromatic heterocycles. The Morgan fingerprint density at radius 1 is 1.67 bits per heavy atom. The van der Waals surface area contributed by atoms with E-state index in [0.717, 1.165) is 19.4 Å². The summed E-state index contributed by atoms with van der Waals surface area (Å²) in [6.45, 7) is 1.44. The molecule has 0 spiro atoms.